The molecule has 0 fully saturated rings. The fraction of sp³-hybridized carbons (Fsp3) is 0.176. The van der Waals surface area contributed by atoms with Crippen LogP contribution in [0.25, 0.3) is 0 Å². The van der Waals surface area contributed by atoms with Crippen LogP contribution in [0.2, 0.25) is 5.02 Å². The zero-order chi connectivity index (χ0) is 15.5. The Kier molecular flexibility index (Phi) is 4.40. The molecule has 0 aliphatic heterocycles. The molecule has 0 aliphatic carbocycles. The number of hydrogen-bond donors (Lipinski definition) is 1. The van der Waals surface area contributed by atoms with Crippen molar-refractivity contribution in [1.82, 2.24) is 0 Å². The molecule has 0 heterocycles. The van der Waals surface area contributed by atoms with Crippen LogP contribution in [0.15, 0.2) is 42.5 Å². The highest BCUT2D eigenvalue weighted by molar-refractivity contribution is 6.30. The van der Waals surface area contributed by atoms with E-state index in [9.17, 15) is 4.39 Å². The first-order valence-corrected chi connectivity index (χ1v) is 6.76. The highest BCUT2D eigenvalue weighted by Crippen LogP contribution is 2.23. The van der Waals surface area contributed by atoms with Crippen molar-refractivity contribution in [1.29, 1.82) is 0 Å². The Labute approximate surface area is 128 Å². The predicted molar refractivity (Wildman–Crippen MR) is 83.8 cm³/mol. The first-order chi connectivity index (χ1) is 9.85. The minimum absolute atomic E-state index is 0.0631. The summed E-state index contributed by atoms with van der Waals surface area (Å²) in [6.45, 7) is 3.62. The molecule has 0 amide bonds. The molecule has 0 atom stereocenters. The van der Waals surface area contributed by atoms with Crippen LogP contribution in [0.5, 0.6) is 5.75 Å². The van der Waals surface area contributed by atoms with Gasteiger partial charge in [0, 0.05) is 17.3 Å². The Bertz CT molecular complexity index is 699. The molecular formula is C17H15ClFNO. The van der Waals surface area contributed by atoms with E-state index < -0.39 is 11.4 Å². The zero-order valence-corrected chi connectivity index (χ0v) is 12.5. The number of nitrogens with two attached hydrogens (primary N) is 1. The van der Waals surface area contributed by atoms with E-state index >= 15 is 0 Å². The molecule has 108 valence electrons. The van der Waals surface area contributed by atoms with Gasteiger partial charge in [-0.1, -0.05) is 23.4 Å². The standard InChI is InChI=1S/C17H15ClFNO/c1-17(2,10-9-12-3-5-13(20)6-4-12)21-14-7-8-15(18)16(19)11-14/h3-8,11H,20H2,1-2H3. The summed E-state index contributed by atoms with van der Waals surface area (Å²) in [7, 11) is 0. The molecule has 2 nitrogen and oxygen atoms in total. The van der Waals surface area contributed by atoms with Gasteiger partial charge in [-0.25, -0.2) is 4.39 Å². The number of hydrogen-bond acceptors (Lipinski definition) is 2. The van der Waals surface area contributed by atoms with Gasteiger partial charge < -0.3 is 10.5 Å². The van der Waals surface area contributed by atoms with E-state index in [1.807, 2.05) is 26.0 Å². The smallest absolute Gasteiger partial charge is 0.164 e. The average molecular weight is 304 g/mol. The third kappa shape index (κ3) is 4.40. The average Bonchev–Trinajstić information content (AvgIpc) is 2.42. The lowest BCUT2D eigenvalue weighted by molar-refractivity contribution is 0.172. The van der Waals surface area contributed by atoms with E-state index in [0.717, 1.165) is 5.56 Å². The second-order valence-electron chi connectivity index (χ2n) is 5.06. The van der Waals surface area contributed by atoms with E-state index in [-0.39, 0.29) is 5.02 Å². The Hall–Kier alpha value is -2.18. The van der Waals surface area contributed by atoms with Crippen LogP contribution >= 0.6 is 11.6 Å². The number of rotatable bonds is 2. The monoisotopic (exact) mass is 303 g/mol. The van der Waals surface area contributed by atoms with Crippen LogP contribution in [-0.2, 0) is 0 Å². The van der Waals surface area contributed by atoms with Crippen molar-refractivity contribution < 1.29 is 9.13 Å². The number of nitrogen functional groups attached to an aromatic ring is 1. The lowest BCUT2D eigenvalue weighted by Crippen LogP contribution is -2.25. The van der Waals surface area contributed by atoms with Gasteiger partial charge in [0.2, 0.25) is 0 Å². The van der Waals surface area contributed by atoms with Crippen molar-refractivity contribution in [3.63, 3.8) is 0 Å². The lowest BCUT2D eigenvalue weighted by atomic mass is 10.1. The summed E-state index contributed by atoms with van der Waals surface area (Å²) in [5, 5.41) is 0.0631. The summed E-state index contributed by atoms with van der Waals surface area (Å²) in [6, 6.07) is 11.5. The molecule has 4 heteroatoms. The van der Waals surface area contributed by atoms with Crippen LogP contribution in [-0.4, -0.2) is 5.60 Å². The van der Waals surface area contributed by atoms with Gasteiger partial charge in [0.05, 0.1) is 5.02 Å². The van der Waals surface area contributed by atoms with Crippen molar-refractivity contribution >= 4 is 17.3 Å². The molecule has 0 aromatic heterocycles. The number of anilines is 1. The predicted octanol–water partition coefficient (Wildman–Crippen LogP) is 4.27. The lowest BCUT2D eigenvalue weighted by Gasteiger charge is -2.20. The summed E-state index contributed by atoms with van der Waals surface area (Å²) in [4.78, 5) is 0. The minimum Gasteiger partial charge on any atom is -0.475 e. The normalized spacial score (nSPS) is 10.7. The zero-order valence-electron chi connectivity index (χ0n) is 11.8. The van der Waals surface area contributed by atoms with Crippen molar-refractivity contribution in [2.24, 2.45) is 0 Å². The second kappa shape index (κ2) is 6.07. The summed E-state index contributed by atoms with van der Waals surface area (Å²) in [5.74, 6) is 5.88. The van der Waals surface area contributed by atoms with Gasteiger partial charge in [-0.05, 0) is 50.2 Å². The van der Waals surface area contributed by atoms with E-state index in [0.29, 0.717) is 11.4 Å². The number of benzene rings is 2. The topological polar surface area (TPSA) is 35.2 Å². The third-order valence-corrected chi connectivity index (χ3v) is 2.99. The van der Waals surface area contributed by atoms with E-state index in [2.05, 4.69) is 11.8 Å². The van der Waals surface area contributed by atoms with Gasteiger partial charge in [0.25, 0.3) is 0 Å². The van der Waals surface area contributed by atoms with Crippen molar-refractivity contribution in [3.05, 3.63) is 58.9 Å². The first-order valence-electron chi connectivity index (χ1n) is 6.38. The molecule has 0 saturated heterocycles. The van der Waals surface area contributed by atoms with Crippen LogP contribution in [0, 0.1) is 17.7 Å². The van der Waals surface area contributed by atoms with Crippen LogP contribution in [0.4, 0.5) is 10.1 Å². The van der Waals surface area contributed by atoms with Gasteiger partial charge in [-0.2, -0.15) is 0 Å². The molecule has 0 aliphatic rings. The number of ether oxygens (including phenoxy) is 1. The molecule has 2 rings (SSSR count). The SMILES string of the molecule is CC(C)(C#Cc1ccc(N)cc1)Oc1ccc(Cl)c(F)c1. The minimum atomic E-state index is -0.762. The van der Waals surface area contributed by atoms with E-state index in [1.165, 1.54) is 12.1 Å². The van der Waals surface area contributed by atoms with Gasteiger partial charge >= 0.3 is 0 Å². The Morgan fingerprint density at radius 2 is 1.81 bits per heavy atom. The fourth-order valence-electron chi connectivity index (χ4n) is 1.65. The molecule has 21 heavy (non-hydrogen) atoms. The molecule has 0 saturated carbocycles. The molecule has 2 N–H and O–H groups in total. The summed E-state index contributed by atoms with van der Waals surface area (Å²) in [5.41, 5.74) is 6.38. The van der Waals surface area contributed by atoms with Crippen molar-refractivity contribution in [2.75, 3.05) is 5.73 Å². The quantitative estimate of drug-likeness (QED) is 0.664. The number of halogens is 2. The van der Waals surface area contributed by atoms with E-state index in [1.54, 1.807) is 18.2 Å². The Balaban J connectivity index is 2.15. The van der Waals surface area contributed by atoms with Gasteiger partial charge in [0.15, 0.2) is 5.60 Å². The van der Waals surface area contributed by atoms with Gasteiger partial charge in [-0.3, -0.25) is 0 Å². The summed E-state index contributed by atoms with van der Waals surface area (Å²) < 4.78 is 19.1. The highest BCUT2D eigenvalue weighted by atomic mass is 35.5. The highest BCUT2D eigenvalue weighted by Gasteiger charge is 2.17. The molecule has 2 aromatic rings. The van der Waals surface area contributed by atoms with E-state index in [4.69, 9.17) is 22.1 Å². The molecule has 0 spiro atoms. The molecule has 0 radical (unpaired) electrons. The molecule has 0 unspecified atom stereocenters. The van der Waals surface area contributed by atoms with Crippen LogP contribution < -0.4 is 10.5 Å². The van der Waals surface area contributed by atoms with Crippen molar-refractivity contribution in [2.45, 2.75) is 19.4 Å². The fourth-order valence-corrected chi connectivity index (χ4v) is 1.77. The van der Waals surface area contributed by atoms with Crippen molar-refractivity contribution in [3.8, 4) is 17.6 Å². The summed E-state index contributed by atoms with van der Waals surface area (Å²) >= 11 is 5.64. The van der Waals surface area contributed by atoms with Gasteiger partial charge in [0.1, 0.15) is 11.6 Å². The summed E-state index contributed by atoms with van der Waals surface area (Å²) in [6.07, 6.45) is 0. The molecule has 0 bridgehead atoms. The Morgan fingerprint density at radius 3 is 2.43 bits per heavy atom. The van der Waals surface area contributed by atoms with Crippen LogP contribution in [0.3, 0.4) is 0 Å². The Morgan fingerprint density at radius 1 is 1.14 bits per heavy atom. The maximum absolute atomic E-state index is 13.4. The first kappa shape index (κ1) is 15.2. The maximum atomic E-state index is 13.4. The second-order valence-corrected chi connectivity index (χ2v) is 5.47. The van der Waals surface area contributed by atoms with Crippen LogP contribution in [0.1, 0.15) is 19.4 Å². The molecular weight excluding hydrogens is 289 g/mol. The van der Waals surface area contributed by atoms with Gasteiger partial charge in [-0.15, -0.1) is 0 Å². The maximum Gasteiger partial charge on any atom is 0.164 e. The largest absolute Gasteiger partial charge is 0.475 e. The molecule has 2 aromatic carbocycles. The third-order valence-electron chi connectivity index (χ3n) is 2.68.